The van der Waals surface area contributed by atoms with E-state index < -0.39 is 5.41 Å². The highest BCUT2D eigenvalue weighted by molar-refractivity contribution is 5.85. The van der Waals surface area contributed by atoms with Gasteiger partial charge in [0.05, 0.1) is 11.5 Å². The average Bonchev–Trinajstić information content (AvgIpc) is 3.17. The maximum atomic E-state index is 12.8. The van der Waals surface area contributed by atoms with Gasteiger partial charge >= 0.3 is 0 Å². The zero-order chi connectivity index (χ0) is 16.8. The minimum Gasteiger partial charge on any atom is -0.381 e. The van der Waals surface area contributed by atoms with Crippen LogP contribution in [-0.4, -0.2) is 50.2 Å². The number of benzene rings is 1. The zero-order valence-electron chi connectivity index (χ0n) is 15.2. The summed E-state index contributed by atoms with van der Waals surface area (Å²) in [4.78, 5) is 15.3. The Morgan fingerprint density at radius 2 is 1.77 bits per heavy atom. The van der Waals surface area contributed by atoms with Gasteiger partial charge in [-0.25, -0.2) is 0 Å². The molecule has 2 aliphatic heterocycles. The molecule has 2 saturated heterocycles. The lowest BCUT2D eigenvalue weighted by atomic mass is 9.79. The molecule has 0 saturated carbocycles. The Bertz CT molecular complexity index is 533. The largest absolute Gasteiger partial charge is 0.381 e. The summed E-state index contributed by atoms with van der Waals surface area (Å²) >= 11 is 0. The van der Waals surface area contributed by atoms with Gasteiger partial charge in [0.1, 0.15) is 0 Å². The summed E-state index contributed by atoms with van der Waals surface area (Å²) in [5.74, 6) is 0.0911. The van der Waals surface area contributed by atoms with Crippen LogP contribution >= 0.6 is 24.8 Å². The molecule has 1 aromatic rings. The van der Waals surface area contributed by atoms with E-state index in [1.807, 2.05) is 6.07 Å². The minimum absolute atomic E-state index is 0. The third-order valence-corrected chi connectivity index (χ3v) is 5.54. The lowest BCUT2D eigenvalue weighted by Gasteiger charge is -2.36. The van der Waals surface area contributed by atoms with Crippen molar-refractivity contribution < 1.29 is 9.53 Å². The van der Waals surface area contributed by atoms with Crippen molar-refractivity contribution in [3.63, 3.8) is 0 Å². The van der Waals surface area contributed by atoms with Crippen LogP contribution in [-0.2, 0) is 9.53 Å². The van der Waals surface area contributed by atoms with Crippen LogP contribution in [0.3, 0.4) is 0 Å². The summed E-state index contributed by atoms with van der Waals surface area (Å²) in [6, 6.07) is 10.7. The monoisotopic (exact) mass is 403 g/mol. The topological polar surface area (TPSA) is 67.6 Å². The maximum Gasteiger partial charge on any atom is 0.227 e. The van der Waals surface area contributed by atoms with Crippen molar-refractivity contribution in [2.24, 2.45) is 11.1 Å². The predicted molar refractivity (Wildman–Crippen MR) is 109 cm³/mol. The number of amides is 1. The van der Waals surface area contributed by atoms with Crippen LogP contribution in [0.2, 0.25) is 0 Å². The first-order valence-corrected chi connectivity index (χ1v) is 9.10. The Balaban J connectivity index is 0.00000169. The van der Waals surface area contributed by atoms with Crippen molar-refractivity contribution in [2.75, 3.05) is 39.4 Å². The Hall–Kier alpha value is -0.850. The first kappa shape index (κ1) is 23.2. The minimum atomic E-state index is -0.454. The smallest absolute Gasteiger partial charge is 0.227 e. The first-order valence-electron chi connectivity index (χ1n) is 9.10. The number of nitrogens with zero attached hydrogens (tertiary/aromatic N) is 1. The molecule has 1 amide bonds. The first-order chi connectivity index (χ1) is 11.7. The second-order valence-electron chi connectivity index (χ2n) is 6.98. The van der Waals surface area contributed by atoms with Gasteiger partial charge < -0.3 is 15.8 Å². The molecule has 5 nitrogen and oxygen atoms in total. The van der Waals surface area contributed by atoms with E-state index in [9.17, 15) is 4.79 Å². The molecule has 2 heterocycles. The number of ether oxygens (including phenoxy) is 1. The van der Waals surface area contributed by atoms with Crippen molar-refractivity contribution in [3.8, 4) is 0 Å². The van der Waals surface area contributed by atoms with Gasteiger partial charge in [0.2, 0.25) is 5.91 Å². The third kappa shape index (κ3) is 5.33. The van der Waals surface area contributed by atoms with Crippen LogP contribution < -0.4 is 11.1 Å². The molecule has 3 N–H and O–H groups in total. The van der Waals surface area contributed by atoms with Crippen molar-refractivity contribution in [3.05, 3.63) is 35.9 Å². The van der Waals surface area contributed by atoms with Gasteiger partial charge in [-0.05, 0) is 44.3 Å². The maximum absolute atomic E-state index is 12.8. The molecule has 2 aliphatic rings. The fourth-order valence-electron chi connectivity index (χ4n) is 3.85. The molecule has 0 aromatic heterocycles. The van der Waals surface area contributed by atoms with E-state index in [-0.39, 0.29) is 36.8 Å². The van der Waals surface area contributed by atoms with E-state index in [2.05, 4.69) is 34.5 Å². The molecule has 148 valence electrons. The second-order valence-corrected chi connectivity index (χ2v) is 6.98. The van der Waals surface area contributed by atoms with E-state index in [1.165, 1.54) is 18.4 Å². The summed E-state index contributed by atoms with van der Waals surface area (Å²) < 4.78 is 5.41. The molecule has 1 aromatic carbocycles. The van der Waals surface area contributed by atoms with Gasteiger partial charge in [0.25, 0.3) is 0 Å². The zero-order valence-corrected chi connectivity index (χ0v) is 16.8. The van der Waals surface area contributed by atoms with Crippen LogP contribution in [0.5, 0.6) is 0 Å². The number of halogens is 2. The van der Waals surface area contributed by atoms with Crippen LogP contribution in [0.4, 0.5) is 0 Å². The fraction of sp³-hybridized carbons (Fsp3) is 0.632. The number of likely N-dealkylation sites (tertiary alicyclic amines) is 1. The normalized spacial score (nSPS) is 20.5. The SMILES string of the molecule is Cl.Cl.NCC1(C(=O)NCC(c2ccccc2)N2CCCC2)CCOCC1. The van der Waals surface area contributed by atoms with Crippen LogP contribution in [0.25, 0.3) is 0 Å². The second kappa shape index (κ2) is 11.1. The van der Waals surface area contributed by atoms with Gasteiger partial charge in [-0.15, -0.1) is 24.8 Å². The summed E-state index contributed by atoms with van der Waals surface area (Å²) in [7, 11) is 0. The summed E-state index contributed by atoms with van der Waals surface area (Å²) in [6.45, 7) is 4.49. The summed E-state index contributed by atoms with van der Waals surface area (Å²) in [6.07, 6.45) is 3.91. The van der Waals surface area contributed by atoms with Gasteiger partial charge in [-0.2, -0.15) is 0 Å². The molecule has 26 heavy (non-hydrogen) atoms. The highest BCUT2D eigenvalue weighted by Crippen LogP contribution is 2.30. The van der Waals surface area contributed by atoms with E-state index in [1.54, 1.807) is 0 Å². The molecular formula is C19H31Cl2N3O2. The molecule has 0 radical (unpaired) electrons. The molecule has 1 unspecified atom stereocenters. The van der Waals surface area contributed by atoms with Gasteiger partial charge in [0.15, 0.2) is 0 Å². The van der Waals surface area contributed by atoms with E-state index in [0.717, 1.165) is 25.9 Å². The third-order valence-electron chi connectivity index (χ3n) is 5.54. The quantitative estimate of drug-likeness (QED) is 0.765. The lowest BCUT2D eigenvalue weighted by Crippen LogP contribution is -2.50. The molecule has 0 aliphatic carbocycles. The van der Waals surface area contributed by atoms with Crippen molar-refractivity contribution in [1.82, 2.24) is 10.2 Å². The number of hydrogen-bond donors (Lipinski definition) is 2. The molecule has 2 fully saturated rings. The molecule has 3 rings (SSSR count). The number of carbonyl (C=O) groups excluding carboxylic acids is 1. The number of hydrogen-bond acceptors (Lipinski definition) is 4. The summed E-state index contributed by atoms with van der Waals surface area (Å²) in [5.41, 5.74) is 6.77. The Kier molecular flexibility index (Phi) is 9.90. The number of carbonyl (C=O) groups is 1. The Morgan fingerprint density at radius 1 is 1.15 bits per heavy atom. The molecular weight excluding hydrogens is 373 g/mol. The van der Waals surface area contributed by atoms with Gasteiger partial charge in [-0.3, -0.25) is 9.69 Å². The predicted octanol–water partition coefficient (Wildman–Crippen LogP) is 2.54. The molecule has 0 bridgehead atoms. The van der Waals surface area contributed by atoms with E-state index in [4.69, 9.17) is 10.5 Å². The van der Waals surface area contributed by atoms with Gasteiger partial charge in [0, 0.05) is 26.3 Å². The molecule has 0 spiro atoms. The standard InChI is InChI=1S/C19H29N3O2.2ClH/c20-15-19(8-12-24-13-9-19)18(23)21-14-17(22-10-4-5-11-22)16-6-2-1-3-7-16;;/h1-3,6-7,17H,4-5,8-15,20H2,(H,21,23);2*1H. The Morgan fingerprint density at radius 3 is 2.35 bits per heavy atom. The molecule has 1 atom stereocenters. The van der Waals surface area contributed by atoms with Crippen LogP contribution in [0, 0.1) is 5.41 Å². The Labute approximate surface area is 168 Å². The average molecular weight is 404 g/mol. The highest BCUT2D eigenvalue weighted by atomic mass is 35.5. The number of nitrogens with one attached hydrogen (secondary N) is 1. The van der Waals surface area contributed by atoms with Crippen LogP contribution in [0.1, 0.15) is 37.3 Å². The number of nitrogens with two attached hydrogens (primary N) is 1. The lowest BCUT2D eigenvalue weighted by molar-refractivity contribution is -0.136. The van der Waals surface area contributed by atoms with Crippen molar-refractivity contribution in [1.29, 1.82) is 0 Å². The molecule has 7 heteroatoms. The van der Waals surface area contributed by atoms with Crippen LogP contribution in [0.15, 0.2) is 30.3 Å². The van der Waals surface area contributed by atoms with Crippen molar-refractivity contribution >= 4 is 30.7 Å². The fourth-order valence-corrected chi connectivity index (χ4v) is 3.85. The van der Waals surface area contributed by atoms with Crippen molar-refractivity contribution in [2.45, 2.75) is 31.7 Å². The van der Waals surface area contributed by atoms with E-state index >= 15 is 0 Å². The highest BCUT2D eigenvalue weighted by Gasteiger charge is 2.39. The summed E-state index contributed by atoms with van der Waals surface area (Å²) in [5, 5.41) is 3.20. The number of rotatable bonds is 6. The van der Waals surface area contributed by atoms with Gasteiger partial charge in [-0.1, -0.05) is 30.3 Å². The van der Waals surface area contributed by atoms with E-state index in [0.29, 0.717) is 26.3 Å².